The monoisotopic (exact) mass is 242 g/mol. The molecule has 0 aliphatic rings. The molecular weight excluding hydrogens is 220 g/mol. The van der Waals surface area contributed by atoms with Gasteiger partial charge in [-0.3, -0.25) is 11.3 Å². The first-order valence-electron chi connectivity index (χ1n) is 5.61. The van der Waals surface area contributed by atoms with Crippen molar-refractivity contribution in [1.82, 2.24) is 5.43 Å². The second-order valence-corrected chi connectivity index (χ2v) is 5.68. The van der Waals surface area contributed by atoms with Gasteiger partial charge in [-0.1, -0.05) is 6.07 Å². The Hall–Kier alpha value is -0.420. The maximum Gasteiger partial charge on any atom is 0.0623 e. The van der Waals surface area contributed by atoms with Gasteiger partial charge in [0, 0.05) is 18.0 Å². The van der Waals surface area contributed by atoms with Crippen LogP contribution in [0.25, 0.3) is 0 Å². The van der Waals surface area contributed by atoms with Gasteiger partial charge in [-0.25, -0.2) is 0 Å². The van der Waals surface area contributed by atoms with Crippen molar-refractivity contribution in [3.63, 3.8) is 0 Å². The fraction of sp³-hybridized carbons (Fsp3) is 0.667. The molecule has 0 spiro atoms. The van der Waals surface area contributed by atoms with Crippen LogP contribution >= 0.6 is 11.3 Å². The van der Waals surface area contributed by atoms with E-state index in [-0.39, 0.29) is 5.60 Å². The first kappa shape index (κ1) is 13.6. The van der Waals surface area contributed by atoms with E-state index in [9.17, 15) is 0 Å². The van der Waals surface area contributed by atoms with Gasteiger partial charge in [0.05, 0.1) is 5.60 Å². The topological polar surface area (TPSA) is 47.3 Å². The predicted molar refractivity (Wildman–Crippen MR) is 69.5 cm³/mol. The molecule has 0 aliphatic carbocycles. The first-order valence-corrected chi connectivity index (χ1v) is 6.49. The molecule has 4 heteroatoms. The SMILES string of the molecule is COC(C)(C)CCC(Cc1cccs1)NN. The quantitative estimate of drug-likeness (QED) is 0.570. The van der Waals surface area contributed by atoms with E-state index in [0.717, 1.165) is 19.3 Å². The molecule has 0 aromatic carbocycles. The second kappa shape index (κ2) is 6.35. The van der Waals surface area contributed by atoms with Crippen LogP contribution in [-0.4, -0.2) is 18.8 Å². The molecule has 0 bridgehead atoms. The molecule has 3 nitrogen and oxygen atoms in total. The Morgan fingerprint density at radius 2 is 2.31 bits per heavy atom. The number of hydrazine groups is 1. The molecule has 1 heterocycles. The van der Waals surface area contributed by atoms with Crippen molar-refractivity contribution >= 4 is 11.3 Å². The maximum absolute atomic E-state index is 5.57. The second-order valence-electron chi connectivity index (χ2n) is 4.65. The van der Waals surface area contributed by atoms with Gasteiger partial charge in [-0.2, -0.15) is 0 Å². The van der Waals surface area contributed by atoms with Crippen LogP contribution in [0.4, 0.5) is 0 Å². The number of rotatable bonds is 7. The molecule has 0 fully saturated rings. The van der Waals surface area contributed by atoms with Crippen LogP contribution in [0.15, 0.2) is 17.5 Å². The lowest BCUT2D eigenvalue weighted by Gasteiger charge is -2.25. The minimum Gasteiger partial charge on any atom is -0.379 e. The van der Waals surface area contributed by atoms with E-state index < -0.39 is 0 Å². The summed E-state index contributed by atoms with van der Waals surface area (Å²) in [6.45, 7) is 4.21. The lowest BCUT2D eigenvalue weighted by Crippen LogP contribution is -2.38. The molecule has 1 rings (SSSR count). The molecule has 3 N–H and O–H groups in total. The normalized spacial score (nSPS) is 14.0. The number of hydrogen-bond donors (Lipinski definition) is 2. The van der Waals surface area contributed by atoms with Crippen LogP contribution in [0.1, 0.15) is 31.6 Å². The van der Waals surface area contributed by atoms with Gasteiger partial charge in [0.15, 0.2) is 0 Å². The Kier molecular flexibility index (Phi) is 5.41. The van der Waals surface area contributed by atoms with Gasteiger partial charge in [0.25, 0.3) is 0 Å². The summed E-state index contributed by atoms with van der Waals surface area (Å²) in [6, 6.07) is 4.55. The average Bonchev–Trinajstić information content (AvgIpc) is 2.77. The van der Waals surface area contributed by atoms with Crippen LogP contribution in [0, 0.1) is 0 Å². The Balaban J connectivity index is 2.38. The van der Waals surface area contributed by atoms with Gasteiger partial charge in [-0.15, -0.1) is 11.3 Å². The van der Waals surface area contributed by atoms with Gasteiger partial charge < -0.3 is 4.74 Å². The number of methoxy groups -OCH3 is 1. The lowest BCUT2D eigenvalue weighted by molar-refractivity contribution is 0.0117. The summed E-state index contributed by atoms with van der Waals surface area (Å²) in [6.07, 6.45) is 3.02. The van der Waals surface area contributed by atoms with Crippen LogP contribution in [-0.2, 0) is 11.2 Å². The van der Waals surface area contributed by atoms with Crippen molar-refractivity contribution in [3.8, 4) is 0 Å². The summed E-state index contributed by atoms with van der Waals surface area (Å²) in [7, 11) is 1.75. The van der Waals surface area contributed by atoms with E-state index in [2.05, 4.69) is 36.8 Å². The number of thiophene rings is 1. The van der Waals surface area contributed by atoms with E-state index in [4.69, 9.17) is 10.6 Å². The van der Waals surface area contributed by atoms with Crippen molar-refractivity contribution in [1.29, 1.82) is 0 Å². The van der Waals surface area contributed by atoms with Crippen LogP contribution in [0.5, 0.6) is 0 Å². The molecule has 0 aliphatic heterocycles. The van der Waals surface area contributed by atoms with E-state index in [1.165, 1.54) is 4.88 Å². The minimum absolute atomic E-state index is 0.0649. The molecule has 0 saturated carbocycles. The molecule has 1 aromatic heterocycles. The van der Waals surface area contributed by atoms with Crippen molar-refractivity contribution < 1.29 is 4.74 Å². The first-order chi connectivity index (χ1) is 7.57. The van der Waals surface area contributed by atoms with E-state index >= 15 is 0 Å². The molecule has 16 heavy (non-hydrogen) atoms. The average molecular weight is 242 g/mol. The summed E-state index contributed by atoms with van der Waals surface area (Å²) in [5, 5.41) is 2.10. The third-order valence-corrected chi connectivity index (χ3v) is 3.81. The van der Waals surface area contributed by atoms with E-state index in [0.29, 0.717) is 6.04 Å². The molecule has 1 unspecified atom stereocenters. The molecule has 1 aromatic rings. The summed E-state index contributed by atoms with van der Waals surface area (Å²) >= 11 is 1.78. The smallest absolute Gasteiger partial charge is 0.0623 e. The van der Waals surface area contributed by atoms with Crippen molar-refractivity contribution in [3.05, 3.63) is 22.4 Å². The third kappa shape index (κ3) is 4.61. The highest BCUT2D eigenvalue weighted by Crippen LogP contribution is 2.19. The Morgan fingerprint density at radius 1 is 1.56 bits per heavy atom. The Labute approximate surface area is 102 Å². The Bertz CT molecular complexity index is 285. The van der Waals surface area contributed by atoms with Crippen LogP contribution < -0.4 is 11.3 Å². The van der Waals surface area contributed by atoms with Crippen molar-refractivity contribution in [2.75, 3.05) is 7.11 Å². The largest absolute Gasteiger partial charge is 0.379 e. The number of ether oxygens (including phenoxy) is 1. The molecular formula is C12H22N2OS. The fourth-order valence-electron chi connectivity index (χ4n) is 1.54. The van der Waals surface area contributed by atoms with E-state index in [1.54, 1.807) is 18.4 Å². The third-order valence-electron chi connectivity index (χ3n) is 2.91. The van der Waals surface area contributed by atoms with Gasteiger partial charge in [-0.05, 0) is 44.6 Å². The summed E-state index contributed by atoms with van der Waals surface area (Å²) in [5.74, 6) is 5.57. The molecule has 0 radical (unpaired) electrons. The van der Waals surface area contributed by atoms with Crippen molar-refractivity contribution in [2.45, 2.75) is 44.8 Å². The fourth-order valence-corrected chi connectivity index (χ4v) is 2.33. The van der Waals surface area contributed by atoms with Gasteiger partial charge in [0.1, 0.15) is 0 Å². The minimum atomic E-state index is -0.0649. The highest BCUT2D eigenvalue weighted by Gasteiger charge is 2.19. The standard InChI is InChI=1S/C12H22N2OS/c1-12(2,15-3)7-6-10(14-13)9-11-5-4-8-16-11/h4-5,8,10,14H,6-7,9,13H2,1-3H3. The zero-order valence-electron chi connectivity index (χ0n) is 10.3. The molecule has 0 saturated heterocycles. The lowest BCUT2D eigenvalue weighted by atomic mass is 9.97. The number of nitrogens with two attached hydrogens (primary N) is 1. The number of hydrogen-bond acceptors (Lipinski definition) is 4. The van der Waals surface area contributed by atoms with Crippen LogP contribution in [0.2, 0.25) is 0 Å². The van der Waals surface area contributed by atoms with Gasteiger partial charge >= 0.3 is 0 Å². The van der Waals surface area contributed by atoms with Crippen LogP contribution in [0.3, 0.4) is 0 Å². The number of nitrogens with one attached hydrogen (secondary N) is 1. The molecule has 0 amide bonds. The summed E-state index contributed by atoms with van der Waals surface area (Å²) in [4.78, 5) is 1.37. The predicted octanol–water partition coefficient (Wildman–Crippen LogP) is 2.33. The zero-order chi connectivity index (χ0) is 12.0. The highest BCUT2D eigenvalue weighted by atomic mass is 32.1. The maximum atomic E-state index is 5.57. The molecule has 92 valence electrons. The molecule has 1 atom stereocenters. The van der Waals surface area contributed by atoms with Gasteiger partial charge in [0.2, 0.25) is 0 Å². The summed E-state index contributed by atoms with van der Waals surface area (Å²) in [5.41, 5.74) is 2.82. The highest BCUT2D eigenvalue weighted by molar-refractivity contribution is 7.09. The van der Waals surface area contributed by atoms with Crippen molar-refractivity contribution in [2.24, 2.45) is 5.84 Å². The van der Waals surface area contributed by atoms with E-state index in [1.807, 2.05) is 0 Å². The summed E-state index contributed by atoms with van der Waals surface area (Å²) < 4.78 is 5.40. The Morgan fingerprint density at radius 3 is 2.81 bits per heavy atom. The zero-order valence-corrected chi connectivity index (χ0v) is 11.1.